The minimum absolute atomic E-state index is 0.170. The lowest BCUT2D eigenvalue weighted by Gasteiger charge is -2.11. The SMILES string of the molecule is O=C(Cn1cc([N+](=O)[O-])cn1)Nc1ccnn1Cc1cccc(Cl)c1Cl. The van der Waals surface area contributed by atoms with E-state index < -0.39 is 10.8 Å². The summed E-state index contributed by atoms with van der Waals surface area (Å²) in [5, 5.41) is 22.1. The Morgan fingerprint density at radius 2 is 2.08 bits per heavy atom. The van der Waals surface area contributed by atoms with E-state index in [2.05, 4.69) is 15.5 Å². The van der Waals surface area contributed by atoms with Crippen molar-refractivity contribution in [3.05, 3.63) is 68.6 Å². The first-order chi connectivity index (χ1) is 12.4. The Balaban J connectivity index is 1.69. The maximum absolute atomic E-state index is 12.2. The minimum atomic E-state index is -0.578. The molecule has 0 aliphatic heterocycles. The molecule has 0 unspecified atom stereocenters. The van der Waals surface area contributed by atoms with Crippen molar-refractivity contribution in [3.8, 4) is 0 Å². The molecule has 26 heavy (non-hydrogen) atoms. The van der Waals surface area contributed by atoms with Gasteiger partial charge in [-0.3, -0.25) is 19.6 Å². The van der Waals surface area contributed by atoms with Crippen LogP contribution in [0.4, 0.5) is 11.5 Å². The topological polar surface area (TPSA) is 108 Å². The van der Waals surface area contributed by atoms with Crippen molar-refractivity contribution in [3.63, 3.8) is 0 Å². The van der Waals surface area contributed by atoms with E-state index in [0.29, 0.717) is 22.4 Å². The number of amides is 1. The van der Waals surface area contributed by atoms with Crippen molar-refractivity contribution >= 4 is 40.6 Å². The molecule has 1 N–H and O–H groups in total. The van der Waals surface area contributed by atoms with Crippen molar-refractivity contribution in [1.29, 1.82) is 0 Å². The molecule has 9 nitrogen and oxygen atoms in total. The van der Waals surface area contributed by atoms with Gasteiger partial charge < -0.3 is 5.32 Å². The van der Waals surface area contributed by atoms with Gasteiger partial charge in [-0.1, -0.05) is 35.3 Å². The van der Waals surface area contributed by atoms with E-state index in [1.807, 2.05) is 6.07 Å². The number of rotatable bonds is 6. The molecule has 134 valence electrons. The number of hydrogen-bond acceptors (Lipinski definition) is 5. The van der Waals surface area contributed by atoms with Crippen LogP contribution in [0.5, 0.6) is 0 Å². The van der Waals surface area contributed by atoms with Crippen LogP contribution in [-0.4, -0.2) is 30.4 Å². The molecular weight excluding hydrogens is 383 g/mol. The molecule has 0 saturated heterocycles. The van der Waals surface area contributed by atoms with Crippen molar-refractivity contribution in [2.24, 2.45) is 0 Å². The number of nitro groups is 1. The van der Waals surface area contributed by atoms with E-state index in [1.165, 1.54) is 17.1 Å². The van der Waals surface area contributed by atoms with Gasteiger partial charge in [0.1, 0.15) is 24.8 Å². The highest BCUT2D eigenvalue weighted by Crippen LogP contribution is 2.26. The summed E-state index contributed by atoms with van der Waals surface area (Å²) in [6.07, 6.45) is 3.80. The Hall–Kier alpha value is -2.91. The molecule has 0 saturated carbocycles. The number of carbonyl (C=O) groups is 1. The lowest BCUT2D eigenvalue weighted by atomic mass is 10.2. The average Bonchev–Trinajstić information content (AvgIpc) is 3.22. The number of carbonyl (C=O) groups excluding carboxylic acids is 1. The third-order valence-electron chi connectivity index (χ3n) is 3.47. The van der Waals surface area contributed by atoms with E-state index in [4.69, 9.17) is 23.2 Å². The van der Waals surface area contributed by atoms with Crippen molar-refractivity contribution in [1.82, 2.24) is 19.6 Å². The van der Waals surface area contributed by atoms with Gasteiger partial charge in [0.25, 0.3) is 0 Å². The molecule has 11 heteroatoms. The van der Waals surface area contributed by atoms with Gasteiger partial charge in [0.05, 0.1) is 27.7 Å². The quantitative estimate of drug-likeness (QED) is 0.510. The predicted molar refractivity (Wildman–Crippen MR) is 95.3 cm³/mol. The van der Waals surface area contributed by atoms with E-state index in [9.17, 15) is 14.9 Å². The number of hydrogen-bond donors (Lipinski definition) is 1. The summed E-state index contributed by atoms with van der Waals surface area (Å²) in [4.78, 5) is 22.2. The number of nitrogens with one attached hydrogen (secondary N) is 1. The van der Waals surface area contributed by atoms with Crippen LogP contribution < -0.4 is 5.32 Å². The van der Waals surface area contributed by atoms with Crippen LogP contribution in [0, 0.1) is 10.1 Å². The van der Waals surface area contributed by atoms with E-state index in [-0.39, 0.29) is 12.2 Å². The monoisotopic (exact) mass is 394 g/mol. The third-order valence-corrected chi connectivity index (χ3v) is 4.33. The van der Waals surface area contributed by atoms with E-state index >= 15 is 0 Å². The zero-order valence-electron chi connectivity index (χ0n) is 13.2. The first kappa shape index (κ1) is 17.9. The summed E-state index contributed by atoms with van der Waals surface area (Å²) >= 11 is 12.2. The largest absolute Gasteiger partial charge is 0.309 e. The summed E-state index contributed by atoms with van der Waals surface area (Å²) in [6, 6.07) is 6.89. The molecule has 2 aromatic heterocycles. The van der Waals surface area contributed by atoms with Gasteiger partial charge in [-0.15, -0.1) is 0 Å². The van der Waals surface area contributed by atoms with Crippen LogP contribution in [0.25, 0.3) is 0 Å². The molecule has 1 aromatic carbocycles. The van der Waals surface area contributed by atoms with Crippen LogP contribution in [-0.2, 0) is 17.9 Å². The Morgan fingerprint density at radius 1 is 1.27 bits per heavy atom. The molecule has 0 fully saturated rings. The van der Waals surface area contributed by atoms with Gasteiger partial charge in [-0.25, -0.2) is 4.68 Å². The maximum Gasteiger partial charge on any atom is 0.307 e. The Kier molecular flexibility index (Phi) is 5.19. The number of benzene rings is 1. The Morgan fingerprint density at radius 3 is 2.81 bits per heavy atom. The van der Waals surface area contributed by atoms with Gasteiger partial charge in [0, 0.05) is 6.07 Å². The summed E-state index contributed by atoms with van der Waals surface area (Å²) in [5.41, 5.74) is 0.569. The van der Waals surface area contributed by atoms with Crippen molar-refractivity contribution in [2.45, 2.75) is 13.1 Å². The number of aromatic nitrogens is 4. The van der Waals surface area contributed by atoms with E-state index in [0.717, 1.165) is 11.8 Å². The first-order valence-electron chi connectivity index (χ1n) is 7.35. The molecule has 1 amide bonds. The van der Waals surface area contributed by atoms with E-state index in [1.54, 1.807) is 22.9 Å². The fourth-order valence-electron chi connectivity index (χ4n) is 2.26. The van der Waals surface area contributed by atoms with Crippen LogP contribution >= 0.6 is 23.2 Å². The fourth-order valence-corrected chi connectivity index (χ4v) is 2.64. The van der Waals surface area contributed by atoms with Gasteiger partial charge in [0.15, 0.2) is 0 Å². The zero-order chi connectivity index (χ0) is 18.7. The highest BCUT2D eigenvalue weighted by atomic mass is 35.5. The standard InChI is InChI=1S/C15H12Cl2N6O3/c16-12-3-1-2-10(15(12)17)7-22-13(4-5-18-22)20-14(24)9-21-8-11(6-19-21)23(25)26/h1-6,8H,7,9H2,(H,20,24). The normalized spacial score (nSPS) is 10.7. The number of halogens is 2. The molecule has 0 radical (unpaired) electrons. The average molecular weight is 395 g/mol. The molecular formula is C15H12Cl2N6O3. The highest BCUT2D eigenvalue weighted by Gasteiger charge is 2.13. The number of anilines is 1. The Labute approximate surface area is 157 Å². The molecule has 0 aliphatic carbocycles. The van der Waals surface area contributed by atoms with Crippen molar-refractivity contribution < 1.29 is 9.72 Å². The van der Waals surface area contributed by atoms with Gasteiger partial charge in [-0.05, 0) is 11.6 Å². The molecule has 0 atom stereocenters. The minimum Gasteiger partial charge on any atom is -0.309 e. The lowest BCUT2D eigenvalue weighted by molar-refractivity contribution is -0.385. The smallest absolute Gasteiger partial charge is 0.307 e. The second-order valence-electron chi connectivity index (χ2n) is 5.29. The van der Waals surface area contributed by atoms with Gasteiger partial charge in [0.2, 0.25) is 5.91 Å². The fraction of sp³-hybridized carbons (Fsp3) is 0.133. The predicted octanol–water partition coefficient (Wildman–Crippen LogP) is 2.98. The lowest BCUT2D eigenvalue weighted by Crippen LogP contribution is -2.21. The third kappa shape index (κ3) is 4.01. The molecule has 3 aromatic rings. The Bertz CT molecular complexity index is 968. The molecule has 0 spiro atoms. The number of nitrogens with zero attached hydrogens (tertiary/aromatic N) is 5. The van der Waals surface area contributed by atoms with Crippen molar-refractivity contribution in [2.75, 3.05) is 5.32 Å². The highest BCUT2D eigenvalue weighted by molar-refractivity contribution is 6.42. The van der Waals surface area contributed by atoms with Crippen LogP contribution in [0.2, 0.25) is 10.0 Å². The zero-order valence-corrected chi connectivity index (χ0v) is 14.7. The van der Waals surface area contributed by atoms with Crippen LogP contribution in [0.3, 0.4) is 0 Å². The maximum atomic E-state index is 12.2. The summed E-state index contributed by atoms with van der Waals surface area (Å²) in [7, 11) is 0. The van der Waals surface area contributed by atoms with Gasteiger partial charge in [-0.2, -0.15) is 10.2 Å². The summed E-state index contributed by atoms with van der Waals surface area (Å²) < 4.78 is 2.74. The summed E-state index contributed by atoms with van der Waals surface area (Å²) in [6.45, 7) is 0.145. The van der Waals surface area contributed by atoms with Crippen LogP contribution in [0.1, 0.15) is 5.56 Å². The molecule has 3 rings (SSSR count). The second-order valence-corrected chi connectivity index (χ2v) is 6.07. The molecule has 0 bridgehead atoms. The summed E-state index contributed by atoms with van der Waals surface area (Å²) in [5.74, 6) is 0.0506. The molecule has 2 heterocycles. The molecule has 0 aliphatic rings. The second kappa shape index (κ2) is 7.54. The van der Waals surface area contributed by atoms with Gasteiger partial charge >= 0.3 is 5.69 Å². The van der Waals surface area contributed by atoms with Crippen LogP contribution in [0.15, 0.2) is 42.9 Å². The first-order valence-corrected chi connectivity index (χ1v) is 8.11.